The molecular formula is C17H20ClNO. The fraction of sp³-hybridized carbons (Fsp3) is 0.294. The second-order valence-electron chi connectivity index (χ2n) is 4.70. The molecule has 0 spiro atoms. The van der Waals surface area contributed by atoms with Gasteiger partial charge < -0.3 is 10.1 Å². The Balaban J connectivity index is 2.01. The summed E-state index contributed by atoms with van der Waals surface area (Å²) >= 11 is 5.95. The number of ether oxygens (including phenoxy) is 1. The van der Waals surface area contributed by atoms with Gasteiger partial charge in [0, 0.05) is 5.02 Å². The average molecular weight is 290 g/mol. The van der Waals surface area contributed by atoms with Crippen molar-refractivity contribution in [3.63, 3.8) is 0 Å². The summed E-state index contributed by atoms with van der Waals surface area (Å²) < 4.78 is 5.80. The van der Waals surface area contributed by atoms with Crippen LogP contribution < -0.4 is 10.1 Å². The van der Waals surface area contributed by atoms with E-state index in [0.717, 1.165) is 12.2 Å². The normalized spacial score (nSPS) is 12.2. The molecule has 1 atom stereocenters. The van der Waals surface area contributed by atoms with Crippen LogP contribution in [0.25, 0.3) is 0 Å². The van der Waals surface area contributed by atoms with E-state index in [2.05, 4.69) is 36.5 Å². The van der Waals surface area contributed by atoms with Crippen LogP contribution in [0.3, 0.4) is 0 Å². The Labute approximate surface area is 125 Å². The fourth-order valence-electron chi connectivity index (χ4n) is 2.07. The standard InChI is InChI=1S/C17H20ClNO/c1-3-13-7-9-14(10-8-13)17(19-2)12-20-16-6-4-5-15(18)11-16/h4-11,17,19H,3,12H2,1-2H3. The Morgan fingerprint density at radius 2 is 1.90 bits per heavy atom. The molecule has 106 valence electrons. The summed E-state index contributed by atoms with van der Waals surface area (Å²) in [6.07, 6.45) is 1.06. The van der Waals surface area contributed by atoms with Crippen LogP contribution >= 0.6 is 11.6 Å². The molecule has 0 aliphatic rings. The van der Waals surface area contributed by atoms with E-state index in [0.29, 0.717) is 11.6 Å². The lowest BCUT2D eigenvalue weighted by atomic mass is 10.0. The van der Waals surface area contributed by atoms with Crippen LogP contribution in [0.2, 0.25) is 5.02 Å². The Kier molecular flexibility index (Phi) is 5.45. The molecule has 2 rings (SSSR count). The molecule has 1 unspecified atom stereocenters. The predicted octanol–water partition coefficient (Wildman–Crippen LogP) is 4.24. The Bertz CT molecular complexity index is 539. The van der Waals surface area contributed by atoms with Crippen LogP contribution in [0.1, 0.15) is 24.1 Å². The lowest BCUT2D eigenvalue weighted by Crippen LogP contribution is -2.23. The van der Waals surface area contributed by atoms with Gasteiger partial charge in [0.05, 0.1) is 6.04 Å². The summed E-state index contributed by atoms with van der Waals surface area (Å²) in [5.41, 5.74) is 2.58. The number of hydrogen-bond donors (Lipinski definition) is 1. The molecule has 0 bridgehead atoms. The van der Waals surface area contributed by atoms with Crippen molar-refractivity contribution in [2.45, 2.75) is 19.4 Å². The minimum absolute atomic E-state index is 0.167. The van der Waals surface area contributed by atoms with Gasteiger partial charge >= 0.3 is 0 Å². The average Bonchev–Trinajstić information content (AvgIpc) is 2.48. The maximum atomic E-state index is 5.95. The van der Waals surface area contributed by atoms with Crippen LogP contribution in [0.4, 0.5) is 0 Å². The first-order valence-electron chi connectivity index (χ1n) is 6.87. The third-order valence-electron chi connectivity index (χ3n) is 3.35. The van der Waals surface area contributed by atoms with E-state index in [1.807, 2.05) is 31.3 Å². The van der Waals surface area contributed by atoms with E-state index in [4.69, 9.17) is 16.3 Å². The van der Waals surface area contributed by atoms with Crippen molar-refractivity contribution in [3.05, 3.63) is 64.7 Å². The number of nitrogens with one attached hydrogen (secondary N) is 1. The number of likely N-dealkylation sites (N-methyl/N-ethyl adjacent to an activating group) is 1. The van der Waals surface area contributed by atoms with Crippen molar-refractivity contribution in [2.24, 2.45) is 0 Å². The highest BCUT2D eigenvalue weighted by Crippen LogP contribution is 2.20. The molecule has 0 aliphatic heterocycles. The van der Waals surface area contributed by atoms with Crippen LogP contribution in [0.5, 0.6) is 5.75 Å². The Hall–Kier alpha value is -1.51. The number of benzene rings is 2. The molecule has 0 saturated heterocycles. The fourth-order valence-corrected chi connectivity index (χ4v) is 2.25. The maximum Gasteiger partial charge on any atom is 0.120 e. The van der Waals surface area contributed by atoms with Crippen molar-refractivity contribution in [1.29, 1.82) is 0 Å². The lowest BCUT2D eigenvalue weighted by molar-refractivity contribution is 0.273. The first kappa shape index (κ1) is 14.9. The van der Waals surface area contributed by atoms with Gasteiger partial charge in [-0.1, -0.05) is 48.9 Å². The van der Waals surface area contributed by atoms with Gasteiger partial charge in [0.2, 0.25) is 0 Å². The molecule has 2 aromatic rings. The van der Waals surface area contributed by atoms with Gasteiger partial charge in [-0.05, 0) is 42.8 Å². The van der Waals surface area contributed by atoms with Crippen LogP contribution in [0, 0.1) is 0 Å². The predicted molar refractivity (Wildman–Crippen MR) is 84.6 cm³/mol. The topological polar surface area (TPSA) is 21.3 Å². The molecule has 0 aromatic heterocycles. The largest absolute Gasteiger partial charge is 0.492 e. The first-order chi connectivity index (χ1) is 9.72. The maximum absolute atomic E-state index is 5.95. The highest BCUT2D eigenvalue weighted by Gasteiger charge is 2.10. The molecule has 0 aliphatic carbocycles. The summed E-state index contributed by atoms with van der Waals surface area (Å²) in [7, 11) is 1.94. The van der Waals surface area contributed by atoms with E-state index >= 15 is 0 Å². The van der Waals surface area contributed by atoms with Gasteiger partial charge in [0.15, 0.2) is 0 Å². The molecule has 1 N–H and O–H groups in total. The summed E-state index contributed by atoms with van der Waals surface area (Å²) in [5.74, 6) is 0.794. The Morgan fingerprint density at radius 1 is 1.15 bits per heavy atom. The quantitative estimate of drug-likeness (QED) is 0.859. The smallest absolute Gasteiger partial charge is 0.120 e. The SMILES string of the molecule is CCc1ccc(C(COc2cccc(Cl)c2)NC)cc1. The van der Waals surface area contributed by atoms with E-state index in [1.54, 1.807) is 0 Å². The monoisotopic (exact) mass is 289 g/mol. The zero-order valence-corrected chi connectivity index (χ0v) is 12.7. The molecule has 2 nitrogen and oxygen atoms in total. The lowest BCUT2D eigenvalue weighted by Gasteiger charge is -2.18. The van der Waals surface area contributed by atoms with Crippen molar-refractivity contribution in [2.75, 3.05) is 13.7 Å². The first-order valence-corrected chi connectivity index (χ1v) is 7.25. The summed E-state index contributed by atoms with van der Waals surface area (Å²) in [4.78, 5) is 0. The number of halogens is 1. The van der Waals surface area contributed by atoms with Gasteiger partial charge in [0.1, 0.15) is 12.4 Å². The summed E-state index contributed by atoms with van der Waals surface area (Å²) in [5, 5.41) is 3.97. The molecule has 0 amide bonds. The molecule has 0 radical (unpaired) electrons. The number of rotatable bonds is 6. The highest BCUT2D eigenvalue weighted by molar-refractivity contribution is 6.30. The van der Waals surface area contributed by atoms with Crippen molar-refractivity contribution in [3.8, 4) is 5.75 Å². The third kappa shape index (κ3) is 3.99. The van der Waals surface area contributed by atoms with E-state index in [-0.39, 0.29) is 6.04 Å². The highest BCUT2D eigenvalue weighted by atomic mass is 35.5. The third-order valence-corrected chi connectivity index (χ3v) is 3.59. The number of hydrogen-bond acceptors (Lipinski definition) is 2. The van der Waals surface area contributed by atoms with E-state index in [9.17, 15) is 0 Å². The summed E-state index contributed by atoms with van der Waals surface area (Å²) in [6, 6.07) is 16.3. The molecule has 0 saturated carbocycles. The molecule has 3 heteroatoms. The minimum atomic E-state index is 0.167. The molecular weight excluding hydrogens is 270 g/mol. The molecule has 20 heavy (non-hydrogen) atoms. The van der Waals surface area contributed by atoms with E-state index < -0.39 is 0 Å². The Morgan fingerprint density at radius 3 is 2.50 bits per heavy atom. The van der Waals surface area contributed by atoms with Gasteiger partial charge in [-0.3, -0.25) is 0 Å². The van der Waals surface area contributed by atoms with Gasteiger partial charge in [-0.25, -0.2) is 0 Å². The van der Waals surface area contributed by atoms with Crippen molar-refractivity contribution in [1.82, 2.24) is 5.32 Å². The van der Waals surface area contributed by atoms with E-state index in [1.165, 1.54) is 11.1 Å². The molecule has 0 fully saturated rings. The molecule has 0 heterocycles. The second-order valence-corrected chi connectivity index (χ2v) is 5.14. The number of aryl methyl sites for hydroxylation is 1. The zero-order valence-electron chi connectivity index (χ0n) is 11.9. The minimum Gasteiger partial charge on any atom is -0.492 e. The van der Waals surface area contributed by atoms with Crippen LogP contribution in [0.15, 0.2) is 48.5 Å². The van der Waals surface area contributed by atoms with Crippen LogP contribution in [-0.2, 0) is 6.42 Å². The molecule has 2 aromatic carbocycles. The van der Waals surface area contributed by atoms with Gasteiger partial charge in [-0.15, -0.1) is 0 Å². The van der Waals surface area contributed by atoms with Gasteiger partial charge in [-0.2, -0.15) is 0 Å². The van der Waals surface area contributed by atoms with Gasteiger partial charge in [0.25, 0.3) is 0 Å². The van der Waals surface area contributed by atoms with Crippen molar-refractivity contribution < 1.29 is 4.74 Å². The second kappa shape index (κ2) is 7.32. The van der Waals surface area contributed by atoms with Crippen molar-refractivity contribution >= 4 is 11.6 Å². The zero-order chi connectivity index (χ0) is 14.4. The van der Waals surface area contributed by atoms with Crippen LogP contribution in [-0.4, -0.2) is 13.7 Å². The summed E-state index contributed by atoms with van der Waals surface area (Å²) in [6.45, 7) is 2.73.